The summed E-state index contributed by atoms with van der Waals surface area (Å²) in [6, 6.07) is 7.84. The first-order valence-corrected chi connectivity index (χ1v) is 15.0. The van der Waals surface area contributed by atoms with Gasteiger partial charge in [-0.2, -0.15) is 0 Å². The van der Waals surface area contributed by atoms with Gasteiger partial charge in [-0.15, -0.1) is 13.2 Å². The van der Waals surface area contributed by atoms with Gasteiger partial charge in [0, 0.05) is 25.3 Å². The first-order chi connectivity index (χ1) is 19.5. The van der Waals surface area contributed by atoms with Gasteiger partial charge in [0.05, 0.1) is 30.1 Å². The van der Waals surface area contributed by atoms with Gasteiger partial charge in [-0.1, -0.05) is 64.5 Å². The van der Waals surface area contributed by atoms with Crippen molar-refractivity contribution in [3.05, 3.63) is 55.6 Å². The summed E-state index contributed by atoms with van der Waals surface area (Å²) in [6.07, 6.45) is 5.58. The molecule has 0 radical (unpaired) electrons. The number of aliphatic hydroxyl groups excluding tert-OH is 1. The van der Waals surface area contributed by atoms with Crippen molar-refractivity contribution in [3.8, 4) is 0 Å². The van der Waals surface area contributed by atoms with Crippen molar-refractivity contribution in [1.29, 1.82) is 0 Å². The number of hydrogen-bond acceptors (Lipinski definition) is 5. The summed E-state index contributed by atoms with van der Waals surface area (Å²) in [5, 5.41) is 10.5. The Hall–Kier alpha value is -2.97. The summed E-state index contributed by atoms with van der Waals surface area (Å²) < 4.78 is 6.93. The Labute approximate surface area is 245 Å². The number of likely N-dealkylation sites (tertiary alicyclic amines) is 1. The molecule has 1 N–H and O–H groups in total. The third-order valence-corrected chi connectivity index (χ3v) is 9.65. The number of benzene rings is 1. The normalized spacial score (nSPS) is 30.8. The molecule has 1 spiro atoms. The molecule has 0 aromatic heterocycles. The number of rotatable bonds is 13. The molecular weight excluding hydrogens is 518 g/mol. The fourth-order valence-corrected chi connectivity index (χ4v) is 7.51. The van der Waals surface area contributed by atoms with Crippen LogP contribution in [0.1, 0.15) is 53.9 Å². The van der Waals surface area contributed by atoms with Crippen molar-refractivity contribution < 1.29 is 24.2 Å². The van der Waals surface area contributed by atoms with E-state index in [1.165, 1.54) is 0 Å². The zero-order chi connectivity index (χ0) is 30.1. The maximum absolute atomic E-state index is 14.6. The second kappa shape index (κ2) is 12.1. The smallest absolute Gasteiger partial charge is 0.248 e. The number of hydrogen-bond donors (Lipinski definition) is 1. The zero-order valence-electron chi connectivity index (χ0n) is 25.3. The molecule has 3 heterocycles. The second-order valence-corrected chi connectivity index (χ2v) is 12.4. The molecule has 1 aromatic rings. The fourth-order valence-electron chi connectivity index (χ4n) is 7.51. The molecule has 224 valence electrons. The number of carbonyl (C=O) groups excluding carboxylic acids is 3. The van der Waals surface area contributed by atoms with Gasteiger partial charge in [0.1, 0.15) is 11.6 Å². The number of unbranched alkanes of at least 4 members (excludes halogenated alkanes) is 1. The van der Waals surface area contributed by atoms with Crippen LogP contribution >= 0.6 is 0 Å². The van der Waals surface area contributed by atoms with Crippen LogP contribution in [-0.4, -0.2) is 82.2 Å². The average Bonchev–Trinajstić information content (AvgIpc) is 3.46. The summed E-state index contributed by atoms with van der Waals surface area (Å²) in [5.74, 6) is -2.53. The van der Waals surface area contributed by atoms with Crippen molar-refractivity contribution in [2.24, 2.45) is 23.7 Å². The highest BCUT2D eigenvalue weighted by Gasteiger charge is 2.80. The molecule has 3 aliphatic heterocycles. The van der Waals surface area contributed by atoms with E-state index >= 15 is 0 Å². The molecule has 1 aromatic carbocycles. The van der Waals surface area contributed by atoms with Crippen molar-refractivity contribution in [2.75, 3.05) is 31.1 Å². The van der Waals surface area contributed by atoms with Crippen molar-refractivity contribution in [3.63, 3.8) is 0 Å². The highest BCUT2D eigenvalue weighted by atomic mass is 16.5. The van der Waals surface area contributed by atoms with Crippen LogP contribution in [0.5, 0.6) is 0 Å². The molecule has 0 aliphatic carbocycles. The summed E-state index contributed by atoms with van der Waals surface area (Å²) in [5.41, 5.74) is -1.39. The van der Waals surface area contributed by atoms with Crippen LogP contribution in [0.4, 0.5) is 5.69 Å². The highest BCUT2D eigenvalue weighted by Crippen LogP contribution is 2.66. The quantitative estimate of drug-likeness (QED) is 0.365. The minimum atomic E-state index is -1.17. The lowest BCUT2D eigenvalue weighted by molar-refractivity contribution is -0.156. The van der Waals surface area contributed by atoms with Crippen molar-refractivity contribution in [2.45, 2.75) is 77.2 Å². The number of fused-ring (bicyclic) bond motifs is 1. The third-order valence-electron chi connectivity index (χ3n) is 9.65. The number of amides is 3. The van der Waals surface area contributed by atoms with Crippen LogP contribution < -0.4 is 4.90 Å². The number of aliphatic hydroxyl groups is 1. The van der Waals surface area contributed by atoms with Gasteiger partial charge in [-0.05, 0) is 43.7 Å². The Kier molecular flexibility index (Phi) is 9.14. The second-order valence-electron chi connectivity index (χ2n) is 12.4. The maximum atomic E-state index is 14.6. The standard InChI is InChI=1S/C33H47N3O5/c1-8-11-19-34(17-9-2)31(40)28-33-20-23(6)32(7,41-33)26(27(33)30(39)36(28)25(21-37)22(4)5)29(38)35(18-10-3)24-15-13-12-14-16-24/h9-10,12-16,22-23,25-28,37H,2-3,8,11,17-21H2,1,4-7H3/t23?,25-,26-,27-,28?,32+,33?/m0/s1. The molecule has 8 nitrogen and oxygen atoms in total. The van der Waals surface area contributed by atoms with Crippen molar-refractivity contribution in [1.82, 2.24) is 9.80 Å². The monoisotopic (exact) mass is 565 g/mol. The Balaban J connectivity index is 1.87. The average molecular weight is 566 g/mol. The van der Waals surface area contributed by atoms with Gasteiger partial charge in [-0.3, -0.25) is 14.4 Å². The Morgan fingerprint density at radius 1 is 1.17 bits per heavy atom. The van der Waals surface area contributed by atoms with Gasteiger partial charge in [0.15, 0.2) is 0 Å². The van der Waals surface area contributed by atoms with E-state index in [-0.39, 0.29) is 42.7 Å². The molecule has 8 heteroatoms. The van der Waals surface area contributed by atoms with Crippen LogP contribution in [0.25, 0.3) is 0 Å². The molecule has 3 fully saturated rings. The van der Waals surface area contributed by atoms with E-state index in [0.29, 0.717) is 25.2 Å². The lowest BCUT2D eigenvalue weighted by Gasteiger charge is -2.40. The third kappa shape index (κ3) is 4.93. The summed E-state index contributed by atoms with van der Waals surface area (Å²) in [4.78, 5) is 48.7. The summed E-state index contributed by atoms with van der Waals surface area (Å²) >= 11 is 0. The first-order valence-electron chi connectivity index (χ1n) is 15.0. The minimum absolute atomic E-state index is 0.0766. The van der Waals surface area contributed by atoms with Gasteiger partial charge >= 0.3 is 0 Å². The molecule has 3 amide bonds. The predicted molar refractivity (Wildman–Crippen MR) is 160 cm³/mol. The van der Waals surface area contributed by atoms with Crippen LogP contribution in [-0.2, 0) is 19.1 Å². The lowest BCUT2D eigenvalue weighted by atomic mass is 9.62. The Morgan fingerprint density at radius 3 is 2.39 bits per heavy atom. The zero-order valence-corrected chi connectivity index (χ0v) is 25.3. The number of carbonyl (C=O) groups is 3. The molecule has 2 bridgehead atoms. The lowest BCUT2D eigenvalue weighted by Crippen LogP contribution is -2.60. The van der Waals surface area contributed by atoms with Gasteiger partial charge < -0.3 is 24.5 Å². The number of para-hydroxylation sites is 1. The van der Waals surface area contributed by atoms with E-state index in [4.69, 9.17) is 4.74 Å². The topological polar surface area (TPSA) is 90.4 Å². The van der Waals surface area contributed by atoms with Crippen LogP contribution in [0, 0.1) is 23.7 Å². The molecule has 3 saturated heterocycles. The van der Waals surface area contributed by atoms with Gasteiger partial charge in [-0.25, -0.2) is 0 Å². The van der Waals surface area contributed by atoms with E-state index < -0.39 is 35.1 Å². The van der Waals surface area contributed by atoms with E-state index in [2.05, 4.69) is 20.1 Å². The molecule has 0 saturated carbocycles. The van der Waals surface area contributed by atoms with E-state index in [0.717, 1.165) is 12.8 Å². The molecule has 41 heavy (non-hydrogen) atoms. The van der Waals surface area contributed by atoms with E-state index in [1.807, 2.05) is 58.0 Å². The number of anilines is 1. The van der Waals surface area contributed by atoms with Crippen LogP contribution in [0.3, 0.4) is 0 Å². The van der Waals surface area contributed by atoms with E-state index in [9.17, 15) is 19.5 Å². The first kappa shape index (κ1) is 31.0. The largest absolute Gasteiger partial charge is 0.394 e. The number of ether oxygens (including phenoxy) is 1. The highest BCUT2D eigenvalue weighted by molar-refractivity contribution is 6.03. The summed E-state index contributed by atoms with van der Waals surface area (Å²) in [7, 11) is 0. The van der Waals surface area contributed by atoms with Crippen molar-refractivity contribution >= 4 is 23.4 Å². The van der Waals surface area contributed by atoms with Crippen LogP contribution in [0.15, 0.2) is 55.6 Å². The SMILES string of the molecule is C=CCN(CCCC)C(=O)C1N([C@@H](CO)C(C)C)C(=O)[C@@H]2[C@@H](C(=O)N(CC=C)c3ccccc3)[C@]3(C)OC12CC3C. The van der Waals surface area contributed by atoms with Gasteiger partial charge in [0.2, 0.25) is 17.7 Å². The predicted octanol–water partition coefficient (Wildman–Crippen LogP) is 4.05. The van der Waals surface area contributed by atoms with E-state index in [1.54, 1.807) is 26.9 Å². The van der Waals surface area contributed by atoms with Gasteiger partial charge in [0.25, 0.3) is 0 Å². The molecule has 3 unspecified atom stereocenters. The maximum Gasteiger partial charge on any atom is 0.248 e. The molecule has 7 atom stereocenters. The Morgan fingerprint density at radius 2 is 1.83 bits per heavy atom. The molecule has 4 rings (SSSR count). The minimum Gasteiger partial charge on any atom is -0.394 e. The number of nitrogens with zero attached hydrogens (tertiary/aromatic N) is 3. The molecular formula is C33H47N3O5. The fraction of sp³-hybridized carbons (Fsp3) is 0.606. The Bertz CT molecular complexity index is 1150. The van der Waals surface area contributed by atoms with Crippen LogP contribution in [0.2, 0.25) is 0 Å². The summed E-state index contributed by atoms with van der Waals surface area (Å²) in [6.45, 7) is 18.5. The molecule has 3 aliphatic rings.